The van der Waals surface area contributed by atoms with Crippen LogP contribution >= 0.6 is 0 Å². The first-order valence-electron chi connectivity index (χ1n) is 10.8. The molecule has 0 radical (unpaired) electrons. The van der Waals surface area contributed by atoms with E-state index in [-0.39, 0.29) is 0 Å². The van der Waals surface area contributed by atoms with Gasteiger partial charge in [-0.25, -0.2) is 4.98 Å². The lowest BCUT2D eigenvalue weighted by Crippen LogP contribution is -2.38. The van der Waals surface area contributed by atoms with Crippen LogP contribution in [0.1, 0.15) is 23.2 Å². The van der Waals surface area contributed by atoms with Crippen molar-refractivity contribution in [2.24, 2.45) is 0 Å². The van der Waals surface area contributed by atoms with Gasteiger partial charge in [-0.3, -0.25) is 14.8 Å². The third kappa shape index (κ3) is 5.53. The molecule has 30 heavy (non-hydrogen) atoms. The Kier molecular flexibility index (Phi) is 7.24. The summed E-state index contributed by atoms with van der Waals surface area (Å²) >= 11 is 0. The van der Waals surface area contributed by atoms with E-state index in [1.807, 2.05) is 30.7 Å². The average Bonchev–Trinajstić information content (AvgIpc) is 3.23. The van der Waals surface area contributed by atoms with Crippen molar-refractivity contribution in [3.8, 4) is 5.82 Å². The zero-order chi connectivity index (χ0) is 20.6. The molecule has 3 aromatic rings. The lowest BCUT2D eigenvalue weighted by Gasteiger charge is -2.28. The summed E-state index contributed by atoms with van der Waals surface area (Å²) in [7, 11) is 0. The maximum absolute atomic E-state index is 5.47. The number of ether oxygens (including phenoxy) is 1. The summed E-state index contributed by atoms with van der Waals surface area (Å²) in [6.45, 7) is 9.85. The first kappa shape index (κ1) is 20.7. The zero-order valence-corrected chi connectivity index (χ0v) is 17.8. The molecule has 3 aromatic heterocycles. The number of hydrogen-bond acceptors (Lipinski definition) is 5. The van der Waals surface area contributed by atoms with Gasteiger partial charge in [0.2, 0.25) is 0 Å². The van der Waals surface area contributed by atoms with Crippen LogP contribution in [-0.2, 0) is 17.8 Å². The standard InChI is InChI=1S/C24H31N5O/c1-21-6-2-10-26-24(21)29-13-4-8-23(29)20-28(19-22-7-3-9-25-18-22)12-5-11-27-14-16-30-17-15-27/h2-4,6-10,13,18H,5,11-12,14-17,19-20H2,1H3. The van der Waals surface area contributed by atoms with Gasteiger partial charge in [0.25, 0.3) is 0 Å². The Morgan fingerprint density at radius 1 is 1.03 bits per heavy atom. The van der Waals surface area contributed by atoms with Gasteiger partial charge in [0.15, 0.2) is 0 Å². The van der Waals surface area contributed by atoms with E-state index in [0.29, 0.717) is 0 Å². The summed E-state index contributed by atoms with van der Waals surface area (Å²) in [5, 5.41) is 0. The van der Waals surface area contributed by atoms with Crippen LogP contribution in [-0.4, -0.2) is 63.7 Å². The number of aromatic nitrogens is 3. The summed E-state index contributed by atoms with van der Waals surface area (Å²) in [5.74, 6) is 1.01. The molecule has 0 saturated carbocycles. The average molecular weight is 406 g/mol. The maximum Gasteiger partial charge on any atom is 0.139 e. The van der Waals surface area contributed by atoms with Crippen molar-refractivity contribution < 1.29 is 4.74 Å². The fourth-order valence-electron chi connectivity index (χ4n) is 4.02. The molecule has 0 atom stereocenters. The third-order valence-electron chi connectivity index (χ3n) is 5.61. The van der Waals surface area contributed by atoms with Crippen molar-refractivity contribution in [2.75, 3.05) is 39.4 Å². The highest BCUT2D eigenvalue weighted by Gasteiger charge is 2.14. The van der Waals surface area contributed by atoms with E-state index < -0.39 is 0 Å². The highest BCUT2D eigenvalue weighted by Crippen LogP contribution is 2.17. The van der Waals surface area contributed by atoms with Crippen LogP contribution in [0.15, 0.2) is 61.2 Å². The molecule has 0 amide bonds. The minimum Gasteiger partial charge on any atom is -0.379 e. The highest BCUT2D eigenvalue weighted by atomic mass is 16.5. The Bertz CT molecular complexity index is 905. The van der Waals surface area contributed by atoms with Crippen molar-refractivity contribution >= 4 is 0 Å². The van der Waals surface area contributed by atoms with Crippen LogP contribution in [0.5, 0.6) is 0 Å². The molecule has 1 aliphatic heterocycles. The van der Waals surface area contributed by atoms with Crippen molar-refractivity contribution in [3.05, 3.63) is 78.0 Å². The van der Waals surface area contributed by atoms with Crippen LogP contribution in [0.4, 0.5) is 0 Å². The van der Waals surface area contributed by atoms with E-state index >= 15 is 0 Å². The van der Waals surface area contributed by atoms with E-state index in [0.717, 1.165) is 64.7 Å². The second kappa shape index (κ2) is 10.5. The van der Waals surface area contributed by atoms with Gasteiger partial charge in [-0.05, 0) is 55.3 Å². The quantitative estimate of drug-likeness (QED) is 0.547. The Morgan fingerprint density at radius 3 is 2.70 bits per heavy atom. The first-order chi connectivity index (χ1) is 14.8. The monoisotopic (exact) mass is 405 g/mol. The number of morpholine rings is 1. The molecular weight excluding hydrogens is 374 g/mol. The zero-order valence-electron chi connectivity index (χ0n) is 17.8. The molecule has 158 valence electrons. The summed E-state index contributed by atoms with van der Waals surface area (Å²) in [5.41, 5.74) is 3.68. The molecule has 0 bridgehead atoms. The molecule has 0 N–H and O–H groups in total. The van der Waals surface area contributed by atoms with Crippen molar-refractivity contribution in [3.63, 3.8) is 0 Å². The molecular formula is C24H31N5O. The molecule has 6 nitrogen and oxygen atoms in total. The normalized spacial score (nSPS) is 15.0. The molecule has 4 rings (SSSR count). The van der Waals surface area contributed by atoms with Crippen LogP contribution < -0.4 is 0 Å². The second-order valence-electron chi connectivity index (χ2n) is 7.89. The van der Waals surface area contributed by atoms with E-state index in [1.54, 1.807) is 0 Å². The van der Waals surface area contributed by atoms with Crippen LogP contribution in [0.2, 0.25) is 0 Å². The van der Waals surface area contributed by atoms with Crippen LogP contribution in [0.3, 0.4) is 0 Å². The van der Waals surface area contributed by atoms with Gasteiger partial charge in [0.05, 0.1) is 13.2 Å². The number of rotatable bonds is 9. The molecule has 0 aliphatic carbocycles. The Labute approximate surface area is 179 Å². The van der Waals surface area contributed by atoms with E-state index in [2.05, 4.69) is 61.7 Å². The van der Waals surface area contributed by atoms with Crippen LogP contribution in [0, 0.1) is 6.92 Å². The van der Waals surface area contributed by atoms with Gasteiger partial charge >= 0.3 is 0 Å². The summed E-state index contributed by atoms with van der Waals surface area (Å²) in [6, 6.07) is 12.6. The minimum absolute atomic E-state index is 0.857. The predicted octanol–water partition coefficient (Wildman–Crippen LogP) is 3.30. The van der Waals surface area contributed by atoms with E-state index in [1.165, 1.54) is 16.8 Å². The van der Waals surface area contributed by atoms with Crippen LogP contribution in [0.25, 0.3) is 5.82 Å². The summed E-state index contributed by atoms with van der Waals surface area (Å²) < 4.78 is 7.69. The number of hydrogen-bond donors (Lipinski definition) is 0. The molecule has 1 saturated heterocycles. The number of aryl methyl sites for hydroxylation is 1. The maximum atomic E-state index is 5.47. The smallest absolute Gasteiger partial charge is 0.139 e. The van der Waals surface area contributed by atoms with Crippen molar-refractivity contribution in [1.82, 2.24) is 24.3 Å². The number of pyridine rings is 2. The first-order valence-corrected chi connectivity index (χ1v) is 10.8. The van der Waals surface area contributed by atoms with E-state index in [9.17, 15) is 0 Å². The minimum atomic E-state index is 0.857. The molecule has 0 unspecified atom stereocenters. The number of nitrogens with zero attached hydrogens (tertiary/aromatic N) is 5. The highest BCUT2D eigenvalue weighted by molar-refractivity contribution is 5.35. The predicted molar refractivity (Wildman–Crippen MR) is 119 cm³/mol. The third-order valence-corrected chi connectivity index (χ3v) is 5.61. The van der Waals surface area contributed by atoms with Gasteiger partial charge in [-0.2, -0.15) is 0 Å². The summed E-state index contributed by atoms with van der Waals surface area (Å²) in [4.78, 5) is 13.9. The lowest BCUT2D eigenvalue weighted by molar-refractivity contribution is 0.0358. The lowest BCUT2D eigenvalue weighted by atomic mass is 10.2. The molecule has 1 aliphatic rings. The van der Waals surface area contributed by atoms with Gasteiger partial charge in [0.1, 0.15) is 5.82 Å². The Hall–Kier alpha value is -2.54. The molecule has 4 heterocycles. The van der Waals surface area contributed by atoms with Gasteiger partial charge < -0.3 is 9.30 Å². The van der Waals surface area contributed by atoms with Crippen molar-refractivity contribution in [1.29, 1.82) is 0 Å². The van der Waals surface area contributed by atoms with E-state index in [4.69, 9.17) is 4.74 Å². The Balaban J connectivity index is 1.46. The van der Waals surface area contributed by atoms with Gasteiger partial charge in [-0.1, -0.05) is 12.1 Å². The fourth-order valence-corrected chi connectivity index (χ4v) is 4.02. The van der Waals surface area contributed by atoms with Crippen molar-refractivity contribution in [2.45, 2.75) is 26.4 Å². The summed E-state index contributed by atoms with van der Waals surface area (Å²) in [6.07, 6.45) is 8.92. The fraction of sp³-hybridized carbons (Fsp3) is 0.417. The van der Waals surface area contributed by atoms with Gasteiger partial charge in [0, 0.05) is 63.2 Å². The topological polar surface area (TPSA) is 46.4 Å². The molecule has 6 heteroatoms. The molecule has 1 fully saturated rings. The second-order valence-corrected chi connectivity index (χ2v) is 7.89. The molecule has 0 aromatic carbocycles. The Morgan fingerprint density at radius 2 is 1.90 bits per heavy atom. The SMILES string of the molecule is Cc1cccnc1-n1cccc1CN(CCCN1CCOCC1)Cc1cccnc1. The molecule has 0 spiro atoms. The largest absolute Gasteiger partial charge is 0.379 e. The van der Waals surface area contributed by atoms with Gasteiger partial charge in [-0.15, -0.1) is 0 Å².